The molecular formula is C29H48N2O6. The fourth-order valence-electron chi connectivity index (χ4n) is 7.40. The second kappa shape index (κ2) is 10.7. The highest BCUT2D eigenvalue weighted by atomic mass is 16.6. The number of rotatable bonds is 11. The van der Waals surface area contributed by atoms with Crippen molar-refractivity contribution >= 4 is 17.8 Å². The number of carbonyl (C=O) groups is 3. The summed E-state index contributed by atoms with van der Waals surface area (Å²) in [6.07, 6.45) is 3.64. The third-order valence-electron chi connectivity index (χ3n) is 8.15. The van der Waals surface area contributed by atoms with E-state index in [1.807, 2.05) is 32.6 Å². The van der Waals surface area contributed by atoms with Crippen LogP contribution in [-0.2, 0) is 23.9 Å². The van der Waals surface area contributed by atoms with Crippen LogP contribution in [0, 0.1) is 23.2 Å². The third kappa shape index (κ3) is 5.33. The van der Waals surface area contributed by atoms with Gasteiger partial charge in [0.25, 0.3) is 0 Å². The van der Waals surface area contributed by atoms with E-state index >= 15 is 0 Å². The van der Waals surface area contributed by atoms with Crippen molar-refractivity contribution in [2.24, 2.45) is 23.2 Å². The maximum absolute atomic E-state index is 14.7. The first kappa shape index (κ1) is 29.6. The maximum atomic E-state index is 14.7. The molecule has 0 aromatic carbocycles. The van der Waals surface area contributed by atoms with Gasteiger partial charge in [0.2, 0.25) is 11.8 Å². The lowest BCUT2D eigenvalue weighted by Crippen LogP contribution is -2.62. The number of nitrogens with zero attached hydrogens (tertiary/aromatic N) is 2. The molecule has 0 aromatic heterocycles. The number of carbonyl (C=O) groups excluding carboxylic acids is 3. The molecule has 8 nitrogen and oxygen atoms in total. The molecule has 3 fully saturated rings. The molecule has 3 rings (SSSR count). The number of likely N-dealkylation sites (tertiary alicyclic amines) is 1. The fraction of sp³-hybridized carbons (Fsp3) is 0.828. The summed E-state index contributed by atoms with van der Waals surface area (Å²) in [6.45, 7) is 20.5. The molecule has 3 aliphatic rings. The molecule has 3 aliphatic heterocycles. The van der Waals surface area contributed by atoms with E-state index in [4.69, 9.17) is 9.47 Å². The van der Waals surface area contributed by atoms with Gasteiger partial charge in [-0.2, -0.15) is 0 Å². The molecule has 2 unspecified atom stereocenters. The minimum Gasteiger partial charge on any atom is -0.466 e. The normalized spacial score (nSPS) is 30.0. The van der Waals surface area contributed by atoms with Crippen LogP contribution in [0.5, 0.6) is 0 Å². The number of aliphatic hydroxyl groups excluding tert-OH is 1. The molecule has 0 radical (unpaired) electrons. The Balaban J connectivity index is 2.13. The van der Waals surface area contributed by atoms with Crippen LogP contribution in [0.4, 0.5) is 0 Å². The summed E-state index contributed by atoms with van der Waals surface area (Å²) >= 11 is 0. The Labute approximate surface area is 222 Å². The highest BCUT2D eigenvalue weighted by Crippen LogP contribution is 2.59. The van der Waals surface area contributed by atoms with Crippen molar-refractivity contribution < 1.29 is 29.0 Å². The Morgan fingerprint density at radius 1 is 1.30 bits per heavy atom. The Morgan fingerprint density at radius 2 is 1.95 bits per heavy atom. The summed E-state index contributed by atoms with van der Waals surface area (Å²) in [5, 5.41) is 10.4. The summed E-state index contributed by atoms with van der Waals surface area (Å²) < 4.78 is 11.9. The fourth-order valence-corrected chi connectivity index (χ4v) is 7.40. The van der Waals surface area contributed by atoms with Gasteiger partial charge in [0.15, 0.2) is 0 Å². The molecule has 3 heterocycles. The number of esters is 1. The van der Waals surface area contributed by atoms with E-state index in [-0.39, 0.29) is 36.4 Å². The van der Waals surface area contributed by atoms with Crippen molar-refractivity contribution in [1.82, 2.24) is 9.80 Å². The van der Waals surface area contributed by atoms with Gasteiger partial charge in [0.05, 0.1) is 37.2 Å². The second-order valence-corrected chi connectivity index (χ2v) is 13.3. The van der Waals surface area contributed by atoms with Crippen LogP contribution in [0.1, 0.15) is 81.1 Å². The highest BCUT2D eigenvalue weighted by Gasteiger charge is 2.75. The van der Waals surface area contributed by atoms with E-state index in [1.54, 1.807) is 17.9 Å². The first-order valence-electron chi connectivity index (χ1n) is 13.8. The van der Waals surface area contributed by atoms with Crippen LogP contribution in [-0.4, -0.2) is 81.8 Å². The van der Waals surface area contributed by atoms with Gasteiger partial charge in [-0.15, -0.1) is 6.58 Å². The van der Waals surface area contributed by atoms with E-state index < -0.39 is 47.1 Å². The van der Waals surface area contributed by atoms with Crippen LogP contribution >= 0.6 is 0 Å². The van der Waals surface area contributed by atoms with Gasteiger partial charge in [-0.05, 0) is 57.8 Å². The lowest BCUT2D eigenvalue weighted by Gasteiger charge is -2.46. The number of hydrogen-bond acceptors (Lipinski definition) is 6. The predicted molar refractivity (Wildman–Crippen MR) is 141 cm³/mol. The van der Waals surface area contributed by atoms with Crippen LogP contribution in [0.25, 0.3) is 0 Å². The van der Waals surface area contributed by atoms with Crippen molar-refractivity contribution in [1.29, 1.82) is 0 Å². The molecule has 37 heavy (non-hydrogen) atoms. The molecule has 0 aromatic rings. The van der Waals surface area contributed by atoms with Crippen molar-refractivity contribution in [3.05, 3.63) is 12.7 Å². The van der Waals surface area contributed by atoms with Gasteiger partial charge in [-0.25, -0.2) is 0 Å². The number of hydrogen-bond donors (Lipinski definition) is 1. The average Bonchev–Trinajstić information content (AvgIpc) is 3.41. The Bertz CT molecular complexity index is 893. The average molecular weight is 521 g/mol. The largest absolute Gasteiger partial charge is 0.466 e. The van der Waals surface area contributed by atoms with E-state index in [9.17, 15) is 19.5 Å². The number of fused-ring (bicyclic) bond motifs is 1. The van der Waals surface area contributed by atoms with Gasteiger partial charge < -0.3 is 24.4 Å². The Hall–Kier alpha value is -1.93. The summed E-state index contributed by atoms with van der Waals surface area (Å²) in [5.74, 6) is -2.28. The van der Waals surface area contributed by atoms with Crippen molar-refractivity contribution in [2.45, 2.75) is 110 Å². The number of amides is 2. The molecule has 8 heteroatoms. The second-order valence-electron chi connectivity index (χ2n) is 13.3. The highest BCUT2D eigenvalue weighted by molar-refractivity contribution is 5.98. The topological polar surface area (TPSA) is 96.4 Å². The predicted octanol–water partition coefficient (Wildman–Crippen LogP) is 3.56. The van der Waals surface area contributed by atoms with Crippen molar-refractivity contribution in [2.75, 3.05) is 19.8 Å². The molecule has 2 amide bonds. The van der Waals surface area contributed by atoms with Crippen LogP contribution in [0.15, 0.2) is 12.7 Å². The van der Waals surface area contributed by atoms with E-state index in [1.165, 1.54) is 0 Å². The molecule has 1 spiro atoms. The third-order valence-corrected chi connectivity index (χ3v) is 8.15. The van der Waals surface area contributed by atoms with Crippen molar-refractivity contribution in [3.8, 4) is 0 Å². The zero-order valence-corrected chi connectivity index (χ0v) is 24.1. The summed E-state index contributed by atoms with van der Waals surface area (Å²) in [6, 6.07) is -1.48. The van der Waals surface area contributed by atoms with Crippen LogP contribution in [0.3, 0.4) is 0 Å². The molecule has 2 bridgehead atoms. The molecule has 210 valence electrons. The van der Waals surface area contributed by atoms with Gasteiger partial charge in [-0.3, -0.25) is 14.4 Å². The quantitative estimate of drug-likeness (QED) is 0.331. The zero-order valence-electron chi connectivity index (χ0n) is 24.1. The first-order chi connectivity index (χ1) is 17.1. The number of ether oxygens (including phenoxy) is 2. The summed E-state index contributed by atoms with van der Waals surface area (Å²) in [5.41, 5.74) is -1.69. The van der Waals surface area contributed by atoms with Gasteiger partial charge in [0.1, 0.15) is 11.6 Å². The molecule has 6 atom stereocenters. The molecule has 3 saturated heterocycles. The lowest BCUT2D eigenvalue weighted by molar-refractivity contribution is -0.158. The minimum absolute atomic E-state index is 0.0439. The monoisotopic (exact) mass is 520 g/mol. The Kier molecular flexibility index (Phi) is 8.55. The van der Waals surface area contributed by atoms with Crippen LogP contribution < -0.4 is 0 Å². The molecular weight excluding hydrogens is 472 g/mol. The van der Waals surface area contributed by atoms with Crippen LogP contribution in [0.2, 0.25) is 0 Å². The number of aliphatic hydroxyl groups is 1. The van der Waals surface area contributed by atoms with Gasteiger partial charge in [-0.1, -0.05) is 40.7 Å². The molecule has 0 aliphatic carbocycles. The van der Waals surface area contributed by atoms with Gasteiger partial charge >= 0.3 is 5.97 Å². The van der Waals surface area contributed by atoms with Gasteiger partial charge in [0, 0.05) is 12.1 Å². The first-order valence-corrected chi connectivity index (χ1v) is 13.8. The summed E-state index contributed by atoms with van der Waals surface area (Å²) in [7, 11) is 0. The smallest absolute Gasteiger partial charge is 0.312 e. The van der Waals surface area contributed by atoms with E-state index in [0.717, 1.165) is 6.42 Å². The van der Waals surface area contributed by atoms with Crippen molar-refractivity contribution in [3.63, 3.8) is 0 Å². The lowest BCUT2D eigenvalue weighted by atomic mass is 9.70. The SMILES string of the molecule is C=CCN(C(=O)C1N([C@@H](CO)CC(C)C)C(=O)[C@@H]2[C@H](C(=O)OCC)[C@@H]3CCC12O3)C(C)(C)CC(C)(C)C. The maximum Gasteiger partial charge on any atom is 0.312 e. The Morgan fingerprint density at radius 3 is 2.46 bits per heavy atom. The molecule has 1 N–H and O–H groups in total. The summed E-state index contributed by atoms with van der Waals surface area (Å²) in [4.78, 5) is 45.3. The molecule has 0 saturated carbocycles. The standard InChI is InChI=1S/C29H48N2O6/c1-10-14-30(28(8,9)17-27(5,6)7)25(34)23-29-13-12-20(37-29)21(26(35)36-11-2)22(29)24(33)31(23)19(16-32)15-18(3)4/h10,18-23,32H,1,11-17H2,2-9H3/t19-,20+,21-,22+,23?,29?/m1/s1. The zero-order chi connectivity index (χ0) is 27.9. The minimum atomic E-state index is -1.11. The van der Waals surface area contributed by atoms with E-state index in [0.29, 0.717) is 25.8 Å². The van der Waals surface area contributed by atoms with E-state index in [2.05, 4.69) is 27.4 Å².